The molecule has 0 spiro atoms. The largest absolute Gasteiger partial charge is 0.322 e. The zero-order valence-electron chi connectivity index (χ0n) is 12.2. The molecule has 0 unspecified atom stereocenters. The summed E-state index contributed by atoms with van der Waals surface area (Å²) in [4.78, 5) is 12.1. The number of halogens is 2. The predicted molar refractivity (Wildman–Crippen MR) is 84.5 cm³/mol. The van der Waals surface area contributed by atoms with Crippen LogP contribution in [-0.4, -0.2) is 5.91 Å². The minimum atomic E-state index is -0.510. The molecule has 1 amide bonds. The van der Waals surface area contributed by atoms with Gasteiger partial charge in [0.15, 0.2) is 0 Å². The molecule has 0 fully saturated rings. The van der Waals surface area contributed by atoms with E-state index in [-0.39, 0.29) is 16.3 Å². The average Bonchev–Trinajstić information content (AvgIpc) is 2.42. The molecule has 0 heterocycles. The number of benzene rings is 2. The van der Waals surface area contributed by atoms with E-state index >= 15 is 0 Å². The van der Waals surface area contributed by atoms with E-state index in [2.05, 4.69) is 26.1 Å². The van der Waals surface area contributed by atoms with Gasteiger partial charge in [-0.05, 0) is 41.3 Å². The van der Waals surface area contributed by atoms with Crippen molar-refractivity contribution in [1.82, 2.24) is 0 Å². The fraction of sp³-hybridized carbons (Fsp3) is 0.235. The van der Waals surface area contributed by atoms with Crippen molar-refractivity contribution in [1.29, 1.82) is 0 Å². The molecule has 4 heteroatoms. The van der Waals surface area contributed by atoms with Crippen molar-refractivity contribution in [3.05, 3.63) is 64.4 Å². The molecule has 2 nitrogen and oxygen atoms in total. The van der Waals surface area contributed by atoms with Crippen molar-refractivity contribution in [2.45, 2.75) is 26.2 Å². The summed E-state index contributed by atoms with van der Waals surface area (Å²) in [6.07, 6.45) is 0. The highest BCUT2D eigenvalue weighted by atomic mass is 35.5. The molecule has 21 heavy (non-hydrogen) atoms. The first-order valence-corrected chi connectivity index (χ1v) is 7.02. The molecule has 0 aliphatic heterocycles. The fourth-order valence-corrected chi connectivity index (χ4v) is 2.08. The molecule has 0 saturated heterocycles. The van der Waals surface area contributed by atoms with Gasteiger partial charge in [-0.25, -0.2) is 4.39 Å². The van der Waals surface area contributed by atoms with Crippen molar-refractivity contribution in [2.24, 2.45) is 0 Å². The van der Waals surface area contributed by atoms with Gasteiger partial charge in [0.25, 0.3) is 5.91 Å². The number of carbonyl (C=O) groups excluding carboxylic acids is 1. The molecule has 0 aliphatic rings. The maximum absolute atomic E-state index is 13.1. The Morgan fingerprint density at radius 2 is 1.71 bits per heavy atom. The van der Waals surface area contributed by atoms with Crippen molar-refractivity contribution in [3.63, 3.8) is 0 Å². The van der Waals surface area contributed by atoms with E-state index in [1.54, 1.807) is 12.1 Å². The zero-order valence-corrected chi connectivity index (χ0v) is 13.0. The summed E-state index contributed by atoms with van der Waals surface area (Å²) in [6.45, 7) is 6.34. The number of hydrogen-bond donors (Lipinski definition) is 1. The summed E-state index contributed by atoms with van der Waals surface area (Å²) in [7, 11) is 0. The van der Waals surface area contributed by atoms with Gasteiger partial charge in [0, 0.05) is 11.3 Å². The van der Waals surface area contributed by atoms with Gasteiger partial charge in [-0.15, -0.1) is 0 Å². The van der Waals surface area contributed by atoms with Crippen LogP contribution >= 0.6 is 11.6 Å². The summed E-state index contributed by atoms with van der Waals surface area (Å²) < 4.78 is 13.1. The number of carbonyl (C=O) groups is 1. The van der Waals surface area contributed by atoms with E-state index < -0.39 is 5.82 Å². The maximum atomic E-state index is 13.1. The smallest absolute Gasteiger partial charge is 0.255 e. The van der Waals surface area contributed by atoms with Crippen LogP contribution in [0.1, 0.15) is 36.7 Å². The average molecular weight is 306 g/mol. The Bertz CT molecular complexity index is 659. The van der Waals surface area contributed by atoms with Crippen LogP contribution in [0.2, 0.25) is 5.02 Å². The van der Waals surface area contributed by atoms with E-state index in [1.165, 1.54) is 18.2 Å². The van der Waals surface area contributed by atoms with Crippen molar-refractivity contribution in [3.8, 4) is 0 Å². The van der Waals surface area contributed by atoms with Gasteiger partial charge in [-0.2, -0.15) is 0 Å². The third-order valence-corrected chi connectivity index (χ3v) is 3.48. The summed E-state index contributed by atoms with van der Waals surface area (Å²) in [5.41, 5.74) is 2.21. The van der Waals surface area contributed by atoms with Gasteiger partial charge in [-0.1, -0.05) is 44.5 Å². The van der Waals surface area contributed by atoms with Crippen LogP contribution in [0.4, 0.5) is 10.1 Å². The molecule has 0 saturated carbocycles. The zero-order chi connectivity index (χ0) is 15.6. The molecule has 0 bridgehead atoms. The fourth-order valence-electron chi connectivity index (χ4n) is 1.90. The van der Waals surface area contributed by atoms with Crippen molar-refractivity contribution >= 4 is 23.2 Å². The standard InChI is InChI=1S/C17H17ClFNO/c1-17(2,3)12-6-4-11(5-7-12)16(21)20-13-8-9-15(19)14(18)10-13/h4-10H,1-3H3,(H,20,21). The Labute approximate surface area is 128 Å². The second kappa shape index (κ2) is 5.86. The molecule has 0 radical (unpaired) electrons. The minimum absolute atomic E-state index is 0.0177. The minimum Gasteiger partial charge on any atom is -0.322 e. The number of anilines is 1. The quantitative estimate of drug-likeness (QED) is 0.828. The van der Waals surface area contributed by atoms with Crippen LogP contribution in [0.3, 0.4) is 0 Å². The number of rotatable bonds is 2. The Hall–Kier alpha value is -1.87. The van der Waals surface area contributed by atoms with Crippen LogP contribution in [0.25, 0.3) is 0 Å². The molecule has 110 valence electrons. The van der Waals surface area contributed by atoms with E-state index in [9.17, 15) is 9.18 Å². The Balaban J connectivity index is 2.15. The third kappa shape index (κ3) is 3.82. The summed E-state index contributed by atoms with van der Waals surface area (Å²) in [5.74, 6) is -0.762. The van der Waals surface area contributed by atoms with Crippen LogP contribution in [0.15, 0.2) is 42.5 Å². The molecule has 2 rings (SSSR count). The molecular weight excluding hydrogens is 289 g/mol. The number of nitrogens with one attached hydrogen (secondary N) is 1. The lowest BCUT2D eigenvalue weighted by atomic mass is 9.87. The van der Waals surface area contributed by atoms with E-state index in [0.717, 1.165) is 5.56 Å². The second-order valence-corrected chi connectivity index (χ2v) is 6.32. The molecule has 2 aromatic carbocycles. The third-order valence-electron chi connectivity index (χ3n) is 3.19. The topological polar surface area (TPSA) is 29.1 Å². The SMILES string of the molecule is CC(C)(C)c1ccc(C(=O)Nc2ccc(F)c(Cl)c2)cc1. The highest BCUT2D eigenvalue weighted by Gasteiger charge is 2.14. The van der Waals surface area contributed by atoms with Crippen LogP contribution in [-0.2, 0) is 5.41 Å². The van der Waals surface area contributed by atoms with Gasteiger partial charge < -0.3 is 5.32 Å². The van der Waals surface area contributed by atoms with E-state index in [1.807, 2.05) is 12.1 Å². The Morgan fingerprint density at radius 1 is 1.10 bits per heavy atom. The Kier molecular flexibility index (Phi) is 4.33. The summed E-state index contributed by atoms with van der Waals surface area (Å²) in [6, 6.07) is 11.5. The first-order chi connectivity index (χ1) is 9.77. The molecule has 0 atom stereocenters. The molecule has 0 aliphatic carbocycles. The van der Waals surface area contributed by atoms with Crippen LogP contribution in [0.5, 0.6) is 0 Å². The highest BCUT2D eigenvalue weighted by molar-refractivity contribution is 6.31. The van der Waals surface area contributed by atoms with E-state index in [4.69, 9.17) is 11.6 Å². The predicted octanol–water partition coefficient (Wildman–Crippen LogP) is 5.03. The van der Waals surface area contributed by atoms with Gasteiger partial charge in [0.05, 0.1) is 5.02 Å². The second-order valence-electron chi connectivity index (χ2n) is 5.91. The number of amides is 1. The van der Waals surface area contributed by atoms with Gasteiger partial charge in [0.2, 0.25) is 0 Å². The van der Waals surface area contributed by atoms with Crippen molar-refractivity contribution < 1.29 is 9.18 Å². The molecule has 1 N–H and O–H groups in total. The monoisotopic (exact) mass is 305 g/mol. The van der Waals surface area contributed by atoms with E-state index in [0.29, 0.717) is 11.3 Å². The summed E-state index contributed by atoms with van der Waals surface area (Å²) in [5, 5.41) is 2.68. The molecule has 2 aromatic rings. The normalized spacial score (nSPS) is 11.3. The lowest BCUT2D eigenvalue weighted by Gasteiger charge is -2.19. The highest BCUT2D eigenvalue weighted by Crippen LogP contribution is 2.23. The summed E-state index contributed by atoms with van der Waals surface area (Å²) >= 11 is 5.69. The van der Waals surface area contributed by atoms with Crippen LogP contribution in [0, 0.1) is 5.82 Å². The lowest BCUT2D eigenvalue weighted by Crippen LogP contribution is -2.14. The van der Waals surface area contributed by atoms with Gasteiger partial charge in [0.1, 0.15) is 5.82 Å². The van der Waals surface area contributed by atoms with Crippen LogP contribution < -0.4 is 5.32 Å². The number of hydrogen-bond acceptors (Lipinski definition) is 1. The van der Waals surface area contributed by atoms with Gasteiger partial charge in [-0.3, -0.25) is 4.79 Å². The Morgan fingerprint density at radius 3 is 2.24 bits per heavy atom. The molecule has 0 aromatic heterocycles. The van der Waals surface area contributed by atoms with Crippen molar-refractivity contribution in [2.75, 3.05) is 5.32 Å². The first kappa shape index (κ1) is 15.5. The lowest BCUT2D eigenvalue weighted by molar-refractivity contribution is 0.102. The van der Waals surface area contributed by atoms with Gasteiger partial charge >= 0.3 is 0 Å². The maximum Gasteiger partial charge on any atom is 0.255 e. The first-order valence-electron chi connectivity index (χ1n) is 6.64. The molecular formula is C17H17ClFNO.